The number of ether oxygens (including phenoxy) is 1. The number of aliphatic hydroxyl groups is 1. The number of aliphatic hydroxyl groups excluding tert-OH is 1. The molecule has 3 amide bonds. The zero-order valence-corrected chi connectivity index (χ0v) is 25.8. The number of carboxylic acid groups (broad SMARTS) is 1. The van der Waals surface area contributed by atoms with Gasteiger partial charge in [0.15, 0.2) is 0 Å². The molecule has 0 aliphatic carbocycles. The predicted molar refractivity (Wildman–Crippen MR) is 165 cm³/mol. The summed E-state index contributed by atoms with van der Waals surface area (Å²) in [7, 11) is -4.18. The molecule has 0 aromatic heterocycles. The number of rotatable bonds is 13. The Morgan fingerprint density at radius 3 is 2.07 bits per heavy atom. The maximum Gasteiger partial charge on any atom is 0.407 e. The predicted octanol–water partition coefficient (Wildman–Crippen LogP) is 3.35. The van der Waals surface area contributed by atoms with Crippen LogP contribution in [-0.4, -0.2) is 102 Å². The van der Waals surface area contributed by atoms with Crippen LogP contribution in [-0.2, 0) is 21.2 Å². The molecule has 3 aromatic rings. The first kappa shape index (κ1) is 32.3. The Bertz CT molecular complexity index is 1580. The van der Waals surface area contributed by atoms with E-state index >= 15 is 0 Å². The number of benzene rings is 3. The Morgan fingerprint density at radius 2 is 1.51 bits per heavy atom. The molecule has 1 saturated heterocycles. The molecule has 2 N–H and O–H groups in total. The zero-order chi connectivity index (χ0) is 32.1. The molecular formula is C33H37N3O8S. The molecule has 11 nitrogen and oxygen atoms in total. The van der Waals surface area contributed by atoms with Gasteiger partial charge in [-0.3, -0.25) is 19.4 Å². The molecule has 0 spiro atoms. The Labute approximate surface area is 262 Å². The molecule has 5 rings (SSSR count). The van der Waals surface area contributed by atoms with E-state index in [4.69, 9.17) is 4.74 Å². The van der Waals surface area contributed by atoms with E-state index in [1.54, 1.807) is 49.4 Å². The van der Waals surface area contributed by atoms with Gasteiger partial charge in [-0.25, -0.2) is 13.2 Å². The van der Waals surface area contributed by atoms with Gasteiger partial charge in [0.1, 0.15) is 0 Å². The van der Waals surface area contributed by atoms with Gasteiger partial charge in [0.25, 0.3) is 11.8 Å². The van der Waals surface area contributed by atoms with Crippen molar-refractivity contribution in [2.75, 3.05) is 32.8 Å². The highest BCUT2D eigenvalue weighted by atomic mass is 32.2. The third-order valence-corrected chi connectivity index (χ3v) is 10.1. The number of sulfonamides is 1. The first-order chi connectivity index (χ1) is 21.6. The van der Waals surface area contributed by atoms with Gasteiger partial charge in [-0.1, -0.05) is 67.6 Å². The number of amides is 3. The number of imide groups is 1. The lowest BCUT2D eigenvalue weighted by atomic mass is 9.97. The van der Waals surface area contributed by atoms with Crippen molar-refractivity contribution in [2.45, 2.75) is 42.8 Å². The van der Waals surface area contributed by atoms with E-state index in [1.165, 1.54) is 17.0 Å². The number of hydrogen-bond donors (Lipinski definition) is 2. The van der Waals surface area contributed by atoms with Crippen LogP contribution in [0.2, 0.25) is 0 Å². The number of carbonyl (C=O) groups is 3. The summed E-state index contributed by atoms with van der Waals surface area (Å²) < 4.78 is 34.6. The number of hydrogen-bond acceptors (Lipinski definition) is 7. The van der Waals surface area contributed by atoms with Crippen LogP contribution < -0.4 is 0 Å². The molecule has 2 unspecified atom stereocenters. The van der Waals surface area contributed by atoms with Crippen molar-refractivity contribution in [2.24, 2.45) is 5.92 Å². The van der Waals surface area contributed by atoms with Crippen LogP contribution in [0.1, 0.15) is 39.6 Å². The minimum atomic E-state index is -4.18. The summed E-state index contributed by atoms with van der Waals surface area (Å²) in [6.07, 6.45) is -2.06. The number of carbonyl (C=O) groups excluding carboxylic acids is 2. The summed E-state index contributed by atoms with van der Waals surface area (Å²) in [5.41, 5.74) is 1.38. The van der Waals surface area contributed by atoms with Gasteiger partial charge in [-0.15, -0.1) is 0 Å². The fraction of sp³-hybridized carbons (Fsp3) is 0.364. The summed E-state index contributed by atoms with van der Waals surface area (Å²) in [6, 6.07) is 21.9. The van der Waals surface area contributed by atoms with Crippen LogP contribution in [0.4, 0.5) is 4.79 Å². The van der Waals surface area contributed by atoms with Crippen molar-refractivity contribution in [3.05, 3.63) is 102 Å². The molecule has 238 valence electrons. The van der Waals surface area contributed by atoms with E-state index in [-0.39, 0.29) is 31.0 Å². The van der Waals surface area contributed by atoms with Crippen LogP contribution in [0, 0.1) is 5.92 Å². The van der Waals surface area contributed by atoms with Crippen LogP contribution in [0.25, 0.3) is 0 Å². The van der Waals surface area contributed by atoms with Gasteiger partial charge in [0.2, 0.25) is 10.0 Å². The molecule has 1 fully saturated rings. The summed E-state index contributed by atoms with van der Waals surface area (Å²) in [6.45, 7) is 1.68. The SMILES string of the molecule is CC(CN1C(=O)c2ccccc2C1=O)CN(C[C@@H](O)[C@H](Cc1ccccc1)N(C(=O)O)C1CCOC1)S(=O)(=O)c1ccccc1. The molecule has 0 radical (unpaired) electrons. The van der Waals surface area contributed by atoms with Crippen molar-refractivity contribution in [3.8, 4) is 0 Å². The van der Waals surface area contributed by atoms with Gasteiger partial charge in [0, 0.05) is 26.2 Å². The van der Waals surface area contributed by atoms with E-state index in [1.807, 2.05) is 30.3 Å². The van der Waals surface area contributed by atoms with Crippen molar-refractivity contribution >= 4 is 27.9 Å². The second kappa shape index (κ2) is 13.9. The van der Waals surface area contributed by atoms with Crippen molar-refractivity contribution in [3.63, 3.8) is 0 Å². The molecule has 2 aliphatic heterocycles. The van der Waals surface area contributed by atoms with Gasteiger partial charge in [-0.05, 0) is 48.6 Å². The van der Waals surface area contributed by atoms with Crippen molar-refractivity contribution < 1.29 is 37.8 Å². The average molecular weight is 636 g/mol. The third kappa shape index (κ3) is 7.09. The van der Waals surface area contributed by atoms with E-state index in [2.05, 4.69) is 0 Å². The largest absolute Gasteiger partial charge is 0.465 e. The summed E-state index contributed by atoms with van der Waals surface area (Å²) in [5.74, 6) is -1.42. The molecule has 4 atom stereocenters. The molecule has 45 heavy (non-hydrogen) atoms. The topological polar surface area (TPSA) is 145 Å². The number of nitrogens with zero attached hydrogens (tertiary/aromatic N) is 3. The first-order valence-electron chi connectivity index (χ1n) is 14.9. The van der Waals surface area contributed by atoms with Crippen molar-refractivity contribution in [1.29, 1.82) is 0 Å². The van der Waals surface area contributed by atoms with Crippen LogP contribution in [0.15, 0.2) is 89.8 Å². The fourth-order valence-electron chi connectivity index (χ4n) is 6.05. The van der Waals surface area contributed by atoms with E-state index in [0.29, 0.717) is 24.2 Å². The maximum atomic E-state index is 14.0. The summed E-state index contributed by atoms with van der Waals surface area (Å²) in [5, 5.41) is 22.0. The van der Waals surface area contributed by atoms with E-state index in [9.17, 15) is 33.0 Å². The second-order valence-electron chi connectivity index (χ2n) is 11.5. The molecule has 3 aromatic carbocycles. The first-order valence-corrected chi connectivity index (χ1v) is 16.3. The van der Waals surface area contributed by atoms with Crippen LogP contribution in [0.5, 0.6) is 0 Å². The lowest BCUT2D eigenvalue weighted by Crippen LogP contribution is -2.56. The highest BCUT2D eigenvalue weighted by Gasteiger charge is 2.40. The van der Waals surface area contributed by atoms with Gasteiger partial charge in [0.05, 0.1) is 40.8 Å². The third-order valence-electron chi connectivity index (χ3n) is 8.27. The van der Waals surface area contributed by atoms with Gasteiger partial charge >= 0.3 is 6.09 Å². The quantitative estimate of drug-likeness (QED) is 0.272. The zero-order valence-electron chi connectivity index (χ0n) is 24.9. The minimum Gasteiger partial charge on any atom is -0.465 e. The highest BCUT2D eigenvalue weighted by Crippen LogP contribution is 2.26. The van der Waals surface area contributed by atoms with Gasteiger partial charge in [-0.2, -0.15) is 4.31 Å². The Morgan fingerprint density at radius 1 is 0.933 bits per heavy atom. The smallest absolute Gasteiger partial charge is 0.407 e. The molecule has 0 bridgehead atoms. The molecule has 2 heterocycles. The Hall–Kier alpha value is -4.10. The highest BCUT2D eigenvalue weighted by molar-refractivity contribution is 7.89. The Balaban J connectivity index is 1.43. The molecule has 2 aliphatic rings. The molecule has 0 saturated carbocycles. The van der Waals surface area contributed by atoms with Crippen molar-refractivity contribution in [1.82, 2.24) is 14.1 Å². The second-order valence-corrected chi connectivity index (χ2v) is 13.5. The van der Waals surface area contributed by atoms with E-state index < -0.39 is 58.6 Å². The summed E-state index contributed by atoms with van der Waals surface area (Å²) >= 11 is 0. The lowest BCUT2D eigenvalue weighted by molar-refractivity contribution is 0.0158. The standard InChI is InChI=1S/C33H37N3O8S/c1-23(20-35-31(38)27-14-8-9-15-28(27)32(35)39)19-34(45(42,43)26-12-6-3-7-13-26)21-30(37)29(18-24-10-4-2-5-11-24)36(33(40)41)25-16-17-44-22-25/h2-15,23,25,29-30,37H,16-22H2,1H3,(H,40,41)/t23?,25?,29-,30+/m0/s1. The molecule has 12 heteroatoms. The number of fused-ring (bicyclic) bond motifs is 1. The lowest BCUT2D eigenvalue weighted by Gasteiger charge is -2.38. The van der Waals surface area contributed by atoms with Crippen LogP contribution >= 0.6 is 0 Å². The van der Waals surface area contributed by atoms with Gasteiger partial charge < -0.3 is 14.9 Å². The fourth-order valence-corrected chi connectivity index (χ4v) is 7.65. The van der Waals surface area contributed by atoms with Crippen LogP contribution in [0.3, 0.4) is 0 Å². The molecular weight excluding hydrogens is 598 g/mol. The maximum absolute atomic E-state index is 14.0. The average Bonchev–Trinajstić information content (AvgIpc) is 3.64. The summed E-state index contributed by atoms with van der Waals surface area (Å²) in [4.78, 5) is 41.0. The Kier molecular flexibility index (Phi) is 9.98. The monoisotopic (exact) mass is 635 g/mol. The van der Waals surface area contributed by atoms with E-state index in [0.717, 1.165) is 14.8 Å². The minimum absolute atomic E-state index is 0.00373. The normalized spacial score (nSPS) is 18.6.